The van der Waals surface area contributed by atoms with Crippen molar-refractivity contribution in [1.29, 1.82) is 0 Å². The number of rotatable bonds is 4. The van der Waals surface area contributed by atoms with E-state index in [0.29, 0.717) is 0 Å². The quantitative estimate of drug-likeness (QED) is 0.186. The van der Waals surface area contributed by atoms with Gasteiger partial charge in [0.25, 0.3) is 0 Å². The summed E-state index contributed by atoms with van der Waals surface area (Å²) >= 11 is 0. The van der Waals surface area contributed by atoms with E-state index in [4.69, 9.17) is 19.4 Å². The summed E-state index contributed by atoms with van der Waals surface area (Å²) in [6.45, 7) is 0. The van der Waals surface area contributed by atoms with E-state index >= 15 is 0 Å². The van der Waals surface area contributed by atoms with Gasteiger partial charge in [0.2, 0.25) is 0 Å². The SMILES string of the molecule is c1ccc2c(c1)oc1ccc3c4ccccc4n(-c4ccc(-c5nc(C67CC8CC(CC(C8)C6)C7)nc(C67CC8CC(CC(C8)C6)C7)n5)cc4)c3c12. The van der Waals surface area contributed by atoms with Gasteiger partial charge in [0.1, 0.15) is 22.8 Å². The summed E-state index contributed by atoms with van der Waals surface area (Å²) in [6, 6.07) is 30.8. The summed E-state index contributed by atoms with van der Waals surface area (Å²) in [6.07, 6.45) is 16.3. The van der Waals surface area contributed by atoms with Crippen molar-refractivity contribution in [3.05, 3.63) is 96.6 Å². The van der Waals surface area contributed by atoms with E-state index < -0.39 is 0 Å². The Hall–Kier alpha value is -4.51. The highest BCUT2D eigenvalue weighted by molar-refractivity contribution is 6.24. The first-order valence-electron chi connectivity index (χ1n) is 20.3. The third kappa shape index (κ3) is 3.98. The molecule has 8 aliphatic rings. The Morgan fingerprint density at radius 1 is 0.500 bits per heavy atom. The van der Waals surface area contributed by atoms with Gasteiger partial charge in [-0.05, 0) is 161 Å². The number of benzene rings is 4. The van der Waals surface area contributed by atoms with Crippen molar-refractivity contribution in [2.75, 3.05) is 0 Å². The molecule has 8 bridgehead atoms. The van der Waals surface area contributed by atoms with Crippen molar-refractivity contribution in [3.63, 3.8) is 0 Å². The molecular weight excluding hydrogens is 637 g/mol. The maximum absolute atomic E-state index is 6.39. The average molecular weight is 681 g/mol. The number of fused-ring (bicyclic) bond motifs is 7. The van der Waals surface area contributed by atoms with Gasteiger partial charge in [0.15, 0.2) is 5.82 Å². The molecule has 8 fully saturated rings. The molecule has 5 heteroatoms. The van der Waals surface area contributed by atoms with Crippen LogP contribution in [0.25, 0.3) is 60.8 Å². The zero-order chi connectivity index (χ0) is 33.8. The van der Waals surface area contributed by atoms with E-state index in [1.807, 2.05) is 0 Å². The van der Waals surface area contributed by atoms with Gasteiger partial charge in [-0.1, -0.05) is 36.4 Å². The molecule has 0 amide bonds. The van der Waals surface area contributed by atoms with Crippen molar-refractivity contribution in [2.24, 2.45) is 35.5 Å². The fraction of sp³-hybridized carbons (Fsp3) is 0.426. The summed E-state index contributed by atoms with van der Waals surface area (Å²) in [5.74, 6) is 8.38. The van der Waals surface area contributed by atoms with Crippen LogP contribution in [0.3, 0.4) is 0 Å². The molecule has 8 saturated carbocycles. The zero-order valence-electron chi connectivity index (χ0n) is 29.7. The molecule has 3 heterocycles. The standard InChI is InChI=1S/C47H44N4O/c1-3-7-38-35(5-1)36-13-14-40-41(37-6-2-4-8-39(37)52-40)42(36)51(38)34-11-9-33(10-12-34)43-48-44(46-21-27-15-28(22-46)17-29(16-27)23-46)50-45(49-43)47-24-30-18-31(25-47)20-32(19-30)26-47/h1-14,27-32H,15-26H2. The van der Waals surface area contributed by atoms with Crippen molar-refractivity contribution < 1.29 is 4.42 Å². The van der Waals surface area contributed by atoms with E-state index in [1.165, 1.54) is 104 Å². The Morgan fingerprint density at radius 2 is 1.04 bits per heavy atom. The fourth-order valence-corrected chi connectivity index (χ4v) is 14.0. The van der Waals surface area contributed by atoms with Crippen LogP contribution in [0, 0.1) is 35.5 Å². The van der Waals surface area contributed by atoms with Crippen LogP contribution in [0.4, 0.5) is 0 Å². The molecule has 8 aliphatic carbocycles. The first kappa shape index (κ1) is 29.0. The average Bonchev–Trinajstić information content (AvgIpc) is 3.70. The molecule has 0 atom stereocenters. The molecule has 0 radical (unpaired) electrons. The van der Waals surface area contributed by atoms with Gasteiger partial charge in [-0.25, -0.2) is 15.0 Å². The number of hydrogen-bond donors (Lipinski definition) is 0. The first-order chi connectivity index (χ1) is 25.6. The van der Waals surface area contributed by atoms with Crippen molar-refractivity contribution in [3.8, 4) is 17.1 Å². The first-order valence-corrected chi connectivity index (χ1v) is 20.3. The summed E-state index contributed by atoms with van der Waals surface area (Å²) in [5, 5.41) is 4.83. The van der Waals surface area contributed by atoms with Crippen LogP contribution in [0.15, 0.2) is 89.3 Å². The summed E-state index contributed by atoms with van der Waals surface area (Å²) in [7, 11) is 0. The van der Waals surface area contributed by atoms with Crippen LogP contribution < -0.4 is 0 Å². The number of aromatic nitrogens is 4. The lowest BCUT2D eigenvalue weighted by Gasteiger charge is -2.57. The van der Waals surface area contributed by atoms with E-state index in [-0.39, 0.29) is 10.8 Å². The Labute approximate surface area is 303 Å². The molecule has 0 unspecified atom stereocenters. The second-order valence-corrected chi connectivity index (χ2v) is 18.5. The Kier molecular flexibility index (Phi) is 5.65. The molecule has 0 aliphatic heterocycles. The second kappa shape index (κ2) is 10.1. The minimum absolute atomic E-state index is 0.144. The highest BCUT2D eigenvalue weighted by Gasteiger charge is 2.56. The van der Waals surface area contributed by atoms with E-state index in [0.717, 1.165) is 80.8 Å². The number of nitrogens with zero attached hydrogens (tertiary/aromatic N) is 4. The second-order valence-electron chi connectivity index (χ2n) is 18.5. The summed E-state index contributed by atoms with van der Waals surface area (Å²) in [5.41, 5.74) is 6.80. The van der Waals surface area contributed by atoms with E-state index in [9.17, 15) is 0 Å². The largest absolute Gasteiger partial charge is 0.456 e. The fourth-order valence-electron chi connectivity index (χ4n) is 14.0. The van der Waals surface area contributed by atoms with E-state index in [2.05, 4.69) is 89.5 Å². The van der Waals surface area contributed by atoms with Crippen molar-refractivity contribution >= 4 is 43.7 Å². The zero-order valence-corrected chi connectivity index (χ0v) is 29.7. The lowest BCUT2D eigenvalue weighted by Crippen LogP contribution is -2.51. The molecule has 7 aromatic rings. The lowest BCUT2D eigenvalue weighted by atomic mass is 9.49. The number of hydrogen-bond acceptors (Lipinski definition) is 4. The third-order valence-corrected chi connectivity index (χ3v) is 15.2. The van der Waals surface area contributed by atoms with Crippen molar-refractivity contribution in [2.45, 2.75) is 87.9 Å². The molecule has 258 valence electrons. The molecular formula is C47H44N4O. The predicted octanol–water partition coefficient (Wildman–Crippen LogP) is 11.5. The van der Waals surface area contributed by atoms with Gasteiger partial charge in [-0.2, -0.15) is 0 Å². The smallest absolute Gasteiger partial charge is 0.163 e. The Balaban J connectivity index is 0.983. The van der Waals surface area contributed by atoms with Crippen molar-refractivity contribution in [1.82, 2.24) is 19.5 Å². The molecule has 5 nitrogen and oxygen atoms in total. The van der Waals surface area contributed by atoms with Crippen LogP contribution in [0.5, 0.6) is 0 Å². The van der Waals surface area contributed by atoms with Gasteiger partial charge < -0.3 is 8.98 Å². The van der Waals surface area contributed by atoms with Crippen LogP contribution >= 0.6 is 0 Å². The van der Waals surface area contributed by atoms with Gasteiger partial charge >= 0.3 is 0 Å². The minimum Gasteiger partial charge on any atom is -0.456 e. The topological polar surface area (TPSA) is 56.7 Å². The normalized spacial score (nSPS) is 33.0. The molecule has 0 saturated heterocycles. The third-order valence-electron chi connectivity index (χ3n) is 15.2. The highest BCUT2D eigenvalue weighted by Crippen LogP contribution is 2.62. The number of para-hydroxylation sites is 2. The molecule has 4 aromatic carbocycles. The molecule has 0 spiro atoms. The van der Waals surface area contributed by atoms with Gasteiger partial charge in [-0.15, -0.1) is 0 Å². The Bertz CT molecular complexity index is 2480. The van der Waals surface area contributed by atoms with Crippen LogP contribution in [0.2, 0.25) is 0 Å². The maximum Gasteiger partial charge on any atom is 0.163 e. The summed E-state index contributed by atoms with van der Waals surface area (Å²) < 4.78 is 8.82. The monoisotopic (exact) mass is 680 g/mol. The summed E-state index contributed by atoms with van der Waals surface area (Å²) in [4.78, 5) is 16.8. The highest BCUT2D eigenvalue weighted by atomic mass is 16.3. The number of furan rings is 1. The molecule has 52 heavy (non-hydrogen) atoms. The lowest BCUT2D eigenvalue weighted by molar-refractivity contribution is -0.0155. The van der Waals surface area contributed by atoms with Gasteiger partial charge in [0, 0.05) is 38.2 Å². The minimum atomic E-state index is 0.144. The van der Waals surface area contributed by atoms with Gasteiger partial charge in [-0.3, -0.25) is 0 Å². The van der Waals surface area contributed by atoms with E-state index in [1.54, 1.807) is 0 Å². The molecule has 15 rings (SSSR count). The molecule has 3 aromatic heterocycles. The van der Waals surface area contributed by atoms with Crippen LogP contribution in [-0.4, -0.2) is 19.5 Å². The van der Waals surface area contributed by atoms with Gasteiger partial charge in [0.05, 0.1) is 16.4 Å². The van der Waals surface area contributed by atoms with Crippen LogP contribution in [0.1, 0.15) is 88.7 Å². The predicted molar refractivity (Wildman–Crippen MR) is 207 cm³/mol. The Morgan fingerprint density at radius 3 is 1.63 bits per heavy atom. The maximum atomic E-state index is 6.39. The van der Waals surface area contributed by atoms with Crippen LogP contribution in [-0.2, 0) is 10.8 Å². The molecule has 0 N–H and O–H groups in total.